The number of fused-ring (bicyclic) bond motifs is 5. The van der Waals surface area contributed by atoms with E-state index >= 15 is 0 Å². The lowest BCUT2D eigenvalue weighted by Crippen LogP contribution is -2.44. The van der Waals surface area contributed by atoms with E-state index in [0.29, 0.717) is 48.1 Å². The molecule has 6 nitrogen and oxygen atoms in total. The van der Waals surface area contributed by atoms with Crippen molar-refractivity contribution in [3.8, 4) is 0 Å². The molecule has 1 aromatic carbocycles. The number of rotatable bonds is 6. The van der Waals surface area contributed by atoms with Gasteiger partial charge in [0.2, 0.25) is 5.91 Å². The third-order valence-electron chi connectivity index (χ3n) is 9.93. The van der Waals surface area contributed by atoms with Crippen molar-refractivity contribution in [2.75, 3.05) is 36.5 Å². The summed E-state index contributed by atoms with van der Waals surface area (Å²) in [5, 5.41) is 2.94. The van der Waals surface area contributed by atoms with E-state index in [1.54, 1.807) is 12.3 Å². The van der Waals surface area contributed by atoms with E-state index in [1.807, 2.05) is 18.2 Å². The molecule has 3 aliphatic carbocycles. The standard InChI is InChI=1S/C31H38FN3O3/c1-31-13-12-23-22-5-3-6-26(32)24(22)9-10-25(23)30(31)20(18-27(31)36)4-2-7-29(37)34-28-11-8-21(19-33-28)35-14-16-38-17-15-35/h3,5-6,8,11,19-20,23,25,30H,2,4,7,9-10,12-18H2,1H3,(H,33,34,37)/t20-,23?,25?,30?,31-/m1/s1. The summed E-state index contributed by atoms with van der Waals surface area (Å²) in [5.74, 6) is 2.23. The number of benzene rings is 1. The maximum atomic E-state index is 14.5. The predicted molar refractivity (Wildman–Crippen MR) is 145 cm³/mol. The molecule has 0 radical (unpaired) electrons. The van der Waals surface area contributed by atoms with Crippen LogP contribution >= 0.6 is 0 Å². The summed E-state index contributed by atoms with van der Waals surface area (Å²) in [4.78, 5) is 32.6. The number of nitrogens with zero attached hydrogens (tertiary/aromatic N) is 2. The zero-order valence-electron chi connectivity index (χ0n) is 22.3. The molecule has 3 unspecified atom stereocenters. The van der Waals surface area contributed by atoms with Gasteiger partial charge < -0.3 is 15.0 Å². The largest absolute Gasteiger partial charge is 0.378 e. The molecule has 1 aromatic heterocycles. The number of carbonyl (C=O) groups excluding carboxylic acids is 2. The Bertz CT molecular complexity index is 1200. The van der Waals surface area contributed by atoms with Crippen molar-refractivity contribution in [3.63, 3.8) is 0 Å². The average molecular weight is 520 g/mol. The fraction of sp³-hybridized carbons (Fsp3) is 0.581. The van der Waals surface area contributed by atoms with Crippen molar-refractivity contribution in [2.24, 2.45) is 23.2 Å². The van der Waals surface area contributed by atoms with Gasteiger partial charge in [-0.05, 0) is 91.5 Å². The Labute approximate surface area is 224 Å². The molecule has 7 heteroatoms. The molecule has 2 heterocycles. The first-order valence-electron chi connectivity index (χ1n) is 14.3. The van der Waals surface area contributed by atoms with Crippen LogP contribution in [0.3, 0.4) is 0 Å². The normalized spacial score (nSPS) is 30.4. The first-order chi connectivity index (χ1) is 18.4. The minimum atomic E-state index is -0.273. The van der Waals surface area contributed by atoms with Gasteiger partial charge in [0.05, 0.1) is 25.1 Å². The highest BCUT2D eigenvalue weighted by molar-refractivity contribution is 5.90. The smallest absolute Gasteiger partial charge is 0.225 e. The summed E-state index contributed by atoms with van der Waals surface area (Å²) in [6, 6.07) is 9.37. The Morgan fingerprint density at radius 3 is 2.84 bits per heavy atom. The number of Topliss-reactive ketones (excluding diaryl/α,β-unsaturated/α-hetero) is 1. The van der Waals surface area contributed by atoms with Crippen molar-refractivity contribution < 1.29 is 18.7 Å². The van der Waals surface area contributed by atoms with E-state index in [1.165, 1.54) is 5.56 Å². The van der Waals surface area contributed by atoms with Crippen molar-refractivity contribution in [3.05, 3.63) is 53.5 Å². The SMILES string of the molecule is C[C@]12CCC3c4cccc(F)c4CCC3C1[C@H](CCCC(=O)Nc1ccc(N3CCOCC3)cn1)CC2=O. The molecular formula is C31H38FN3O3. The first kappa shape index (κ1) is 25.5. The van der Waals surface area contributed by atoms with Crippen LogP contribution < -0.4 is 10.2 Å². The molecule has 1 amide bonds. The van der Waals surface area contributed by atoms with Gasteiger partial charge >= 0.3 is 0 Å². The summed E-state index contributed by atoms with van der Waals surface area (Å²) >= 11 is 0. The van der Waals surface area contributed by atoms with Crippen LogP contribution in [-0.4, -0.2) is 43.0 Å². The number of ketones is 1. The number of nitrogens with one attached hydrogen (secondary N) is 1. The summed E-state index contributed by atoms with van der Waals surface area (Å²) in [6.07, 6.45) is 8.04. The molecule has 5 atom stereocenters. The quantitative estimate of drug-likeness (QED) is 0.544. The monoisotopic (exact) mass is 519 g/mol. The number of aromatic nitrogens is 1. The maximum Gasteiger partial charge on any atom is 0.225 e. The topological polar surface area (TPSA) is 71.5 Å². The third-order valence-corrected chi connectivity index (χ3v) is 9.93. The van der Waals surface area contributed by atoms with Crippen LogP contribution in [0.2, 0.25) is 0 Å². The number of anilines is 2. The van der Waals surface area contributed by atoms with Crippen LogP contribution in [0, 0.1) is 29.0 Å². The summed E-state index contributed by atoms with van der Waals surface area (Å²) in [7, 11) is 0. The second kappa shape index (κ2) is 10.4. The van der Waals surface area contributed by atoms with Gasteiger partial charge in [0.1, 0.15) is 17.4 Å². The fourth-order valence-electron chi connectivity index (χ4n) is 8.10. The van der Waals surface area contributed by atoms with Gasteiger partial charge in [-0.2, -0.15) is 0 Å². The van der Waals surface area contributed by atoms with E-state index in [4.69, 9.17) is 4.74 Å². The minimum Gasteiger partial charge on any atom is -0.378 e. The van der Waals surface area contributed by atoms with Crippen molar-refractivity contribution >= 4 is 23.2 Å². The van der Waals surface area contributed by atoms with E-state index in [0.717, 1.165) is 76.1 Å². The number of pyridine rings is 1. The molecule has 0 bridgehead atoms. The molecule has 2 aromatic rings. The number of amides is 1. The predicted octanol–water partition coefficient (Wildman–Crippen LogP) is 5.52. The first-order valence-corrected chi connectivity index (χ1v) is 14.3. The van der Waals surface area contributed by atoms with E-state index in [-0.39, 0.29) is 17.1 Å². The van der Waals surface area contributed by atoms with Gasteiger partial charge in [0.25, 0.3) is 0 Å². The van der Waals surface area contributed by atoms with Gasteiger partial charge in [-0.1, -0.05) is 19.1 Å². The average Bonchev–Trinajstić information content (AvgIpc) is 3.19. The lowest BCUT2D eigenvalue weighted by Gasteiger charge is -2.50. The van der Waals surface area contributed by atoms with Crippen LogP contribution in [0.4, 0.5) is 15.9 Å². The Kier molecular flexibility index (Phi) is 6.97. The minimum absolute atomic E-state index is 0.0349. The summed E-state index contributed by atoms with van der Waals surface area (Å²) < 4.78 is 19.9. The number of hydrogen-bond acceptors (Lipinski definition) is 5. The van der Waals surface area contributed by atoms with Gasteiger partial charge in [-0.3, -0.25) is 9.59 Å². The lowest BCUT2D eigenvalue weighted by atomic mass is 9.54. The molecule has 1 saturated heterocycles. The molecule has 1 aliphatic heterocycles. The molecule has 1 N–H and O–H groups in total. The second-order valence-electron chi connectivity index (χ2n) is 11.9. The van der Waals surface area contributed by atoms with E-state index in [9.17, 15) is 14.0 Å². The lowest BCUT2D eigenvalue weighted by molar-refractivity contribution is -0.129. The number of hydrogen-bond donors (Lipinski definition) is 1. The molecular weight excluding hydrogens is 481 g/mol. The Morgan fingerprint density at radius 2 is 2.05 bits per heavy atom. The number of halogens is 1. The Balaban J connectivity index is 1.07. The number of carbonyl (C=O) groups is 2. The van der Waals surface area contributed by atoms with Gasteiger partial charge in [0.15, 0.2) is 0 Å². The number of ether oxygens (including phenoxy) is 1. The molecule has 0 spiro atoms. The Morgan fingerprint density at radius 1 is 1.21 bits per heavy atom. The molecule has 202 valence electrons. The molecule has 2 saturated carbocycles. The second-order valence-corrected chi connectivity index (χ2v) is 11.9. The van der Waals surface area contributed by atoms with Crippen LogP contribution in [-0.2, 0) is 20.7 Å². The van der Waals surface area contributed by atoms with Gasteiger partial charge in [-0.15, -0.1) is 0 Å². The third kappa shape index (κ3) is 4.63. The van der Waals surface area contributed by atoms with E-state index < -0.39 is 0 Å². The number of morpholine rings is 1. The maximum absolute atomic E-state index is 14.5. The van der Waals surface area contributed by atoms with Gasteiger partial charge in [-0.25, -0.2) is 9.37 Å². The molecule has 4 aliphatic rings. The highest BCUT2D eigenvalue weighted by atomic mass is 19.1. The van der Waals surface area contributed by atoms with Crippen molar-refractivity contribution in [1.82, 2.24) is 4.98 Å². The van der Waals surface area contributed by atoms with Crippen LogP contribution in [0.25, 0.3) is 0 Å². The molecule has 3 fully saturated rings. The van der Waals surface area contributed by atoms with Crippen LogP contribution in [0.15, 0.2) is 36.5 Å². The van der Waals surface area contributed by atoms with E-state index in [2.05, 4.69) is 28.2 Å². The Hall–Kier alpha value is -2.80. The fourth-order valence-corrected chi connectivity index (χ4v) is 8.10. The van der Waals surface area contributed by atoms with Gasteiger partial charge in [0, 0.05) is 31.3 Å². The summed E-state index contributed by atoms with van der Waals surface area (Å²) in [5.41, 5.74) is 2.83. The highest BCUT2D eigenvalue weighted by Crippen LogP contribution is 2.62. The zero-order chi connectivity index (χ0) is 26.3. The molecule has 38 heavy (non-hydrogen) atoms. The van der Waals surface area contributed by atoms with Crippen LogP contribution in [0.1, 0.15) is 68.9 Å². The van der Waals surface area contributed by atoms with Crippen molar-refractivity contribution in [2.45, 2.75) is 64.2 Å². The van der Waals surface area contributed by atoms with Crippen LogP contribution in [0.5, 0.6) is 0 Å². The zero-order valence-corrected chi connectivity index (χ0v) is 22.3. The highest BCUT2D eigenvalue weighted by Gasteiger charge is 2.58. The molecule has 6 rings (SSSR count). The summed E-state index contributed by atoms with van der Waals surface area (Å²) in [6.45, 7) is 5.32. The van der Waals surface area contributed by atoms with Crippen molar-refractivity contribution in [1.29, 1.82) is 0 Å².